The molecule has 0 aliphatic rings. The molecule has 1 aromatic heterocycles. The second-order valence-corrected chi connectivity index (χ2v) is 6.84. The fraction of sp³-hybridized carbons (Fsp3) is 0.143. The zero-order valence-electron chi connectivity index (χ0n) is 14.0. The Balaban J connectivity index is 1.97. The van der Waals surface area contributed by atoms with E-state index in [9.17, 15) is 0 Å². The Labute approximate surface area is 146 Å². The molecule has 0 aliphatic carbocycles. The van der Waals surface area contributed by atoms with E-state index in [0.29, 0.717) is 0 Å². The van der Waals surface area contributed by atoms with Gasteiger partial charge in [-0.2, -0.15) is 8.75 Å². The van der Waals surface area contributed by atoms with Crippen molar-refractivity contribution < 1.29 is 0 Å². The van der Waals surface area contributed by atoms with Crippen LogP contribution in [0.15, 0.2) is 54.6 Å². The lowest BCUT2D eigenvalue weighted by atomic mass is 9.93. The zero-order valence-corrected chi connectivity index (χ0v) is 14.8. The van der Waals surface area contributed by atoms with Gasteiger partial charge in [0.25, 0.3) is 0 Å². The minimum Gasteiger partial charge on any atom is -0.172 e. The van der Waals surface area contributed by atoms with Crippen LogP contribution in [0.3, 0.4) is 0 Å². The summed E-state index contributed by atoms with van der Waals surface area (Å²) in [6, 6.07) is 19.5. The minimum absolute atomic E-state index is 0.991. The molecule has 3 aromatic carbocycles. The highest BCUT2D eigenvalue weighted by molar-refractivity contribution is 7.00. The Hall–Kier alpha value is -2.52. The summed E-state index contributed by atoms with van der Waals surface area (Å²) in [4.78, 5) is 0. The van der Waals surface area contributed by atoms with Gasteiger partial charge in [-0.3, -0.25) is 0 Å². The quantitative estimate of drug-likeness (QED) is 0.454. The largest absolute Gasteiger partial charge is 0.172 e. The normalized spacial score (nSPS) is 11.1. The number of hydrogen-bond donors (Lipinski definition) is 0. The molecule has 118 valence electrons. The minimum atomic E-state index is 0.991. The number of aromatic nitrogens is 2. The van der Waals surface area contributed by atoms with Crippen LogP contribution in [0, 0.1) is 20.8 Å². The van der Waals surface area contributed by atoms with E-state index in [1.54, 1.807) is 0 Å². The van der Waals surface area contributed by atoms with Gasteiger partial charge in [-0.15, -0.1) is 0 Å². The van der Waals surface area contributed by atoms with E-state index in [1.165, 1.54) is 45.1 Å². The smallest absolute Gasteiger partial charge is 0.113 e. The van der Waals surface area contributed by atoms with Crippen molar-refractivity contribution in [2.75, 3.05) is 0 Å². The molecule has 4 rings (SSSR count). The summed E-state index contributed by atoms with van der Waals surface area (Å²) in [5.41, 5.74) is 10.5. The lowest BCUT2D eigenvalue weighted by Crippen LogP contribution is -1.90. The maximum absolute atomic E-state index is 4.61. The molecule has 24 heavy (non-hydrogen) atoms. The number of aryl methyl sites for hydroxylation is 3. The van der Waals surface area contributed by atoms with E-state index >= 15 is 0 Å². The molecule has 0 amide bonds. The Morgan fingerprint density at radius 3 is 1.83 bits per heavy atom. The van der Waals surface area contributed by atoms with Gasteiger partial charge in [-0.1, -0.05) is 59.7 Å². The summed E-state index contributed by atoms with van der Waals surface area (Å²) in [6.07, 6.45) is 0. The molecule has 0 fully saturated rings. The van der Waals surface area contributed by atoms with Crippen LogP contribution in [0.25, 0.3) is 33.3 Å². The van der Waals surface area contributed by atoms with Crippen LogP contribution in [0.1, 0.15) is 16.7 Å². The highest BCUT2D eigenvalue weighted by Gasteiger charge is 2.16. The molecule has 0 saturated carbocycles. The van der Waals surface area contributed by atoms with Gasteiger partial charge < -0.3 is 0 Å². The predicted molar refractivity (Wildman–Crippen MR) is 102 cm³/mol. The molecule has 3 heteroatoms. The van der Waals surface area contributed by atoms with Crippen molar-refractivity contribution in [3.8, 4) is 22.3 Å². The summed E-state index contributed by atoms with van der Waals surface area (Å²) in [5.74, 6) is 0. The first-order valence-electron chi connectivity index (χ1n) is 8.03. The van der Waals surface area contributed by atoms with Gasteiger partial charge in [0.15, 0.2) is 0 Å². The van der Waals surface area contributed by atoms with Crippen molar-refractivity contribution in [2.24, 2.45) is 0 Å². The number of hydrogen-bond acceptors (Lipinski definition) is 3. The van der Waals surface area contributed by atoms with Crippen molar-refractivity contribution in [1.82, 2.24) is 8.75 Å². The van der Waals surface area contributed by atoms with Crippen LogP contribution in [0.4, 0.5) is 0 Å². The van der Waals surface area contributed by atoms with Crippen molar-refractivity contribution in [3.63, 3.8) is 0 Å². The molecule has 0 saturated heterocycles. The average Bonchev–Trinajstić information content (AvgIpc) is 3.05. The van der Waals surface area contributed by atoms with Crippen LogP contribution >= 0.6 is 11.7 Å². The molecular formula is C21H18N2S. The SMILES string of the molecule is Cc1ccc(-c2cc(C)c(-c3ccc(C)cc3)c3nsnc23)cc1. The number of rotatable bonds is 2. The van der Waals surface area contributed by atoms with Crippen LogP contribution in [-0.2, 0) is 0 Å². The molecule has 2 nitrogen and oxygen atoms in total. The van der Waals surface area contributed by atoms with Crippen LogP contribution in [-0.4, -0.2) is 8.75 Å². The second-order valence-electron chi connectivity index (χ2n) is 6.31. The molecule has 0 atom stereocenters. The summed E-state index contributed by atoms with van der Waals surface area (Å²) in [5, 5.41) is 0. The highest BCUT2D eigenvalue weighted by atomic mass is 32.1. The van der Waals surface area contributed by atoms with Crippen molar-refractivity contribution in [2.45, 2.75) is 20.8 Å². The molecule has 1 heterocycles. The fourth-order valence-electron chi connectivity index (χ4n) is 3.11. The van der Waals surface area contributed by atoms with E-state index in [2.05, 4.69) is 84.1 Å². The topological polar surface area (TPSA) is 25.8 Å². The third-order valence-corrected chi connectivity index (χ3v) is 4.97. The van der Waals surface area contributed by atoms with Gasteiger partial charge >= 0.3 is 0 Å². The lowest BCUT2D eigenvalue weighted by molar-refractivity contribution is 1.43. The lowest BCUT2D eigenvalue weighted by Gasteiger charge is -2.11. The fourth-order valence-corrected chi connectivity index (χ4v) is 3.68. The van der Waals surface area contributed by atoms with Crippen LogP contribution < -0.4 is 0 Å². The highest BCUT2D eigenvalue weighted by Crippen LogP contribution is 2.37. The summed E-state index contributed by atoms with van der Waals surface area (Å²) < 4.78 is 9.21. The van der Waals surface area contributed by atoms with Gasteiger partial charge in [0.1, 0.15) is 11.0 Å². The molecular weight excluding hydrogens is 312 g/mol. The molecule has 0 N–H and O–H groups in total. The van der Waals surface area contributed by atoms with E-state index in [1.807, 2.05) is 0 Å². The standard InChI is InChI=1S/C21H18N2S/c1-13-4-8-16(9-5-13)18-12-15(3)19(21-20(18)22-24-23-21)17-10-6-14(2)7-11-17/h4-12H,1-3H3. The maximum atomic E-state index is 4.61. The van der Waals surface area contributed by atoms with Crippen molar-refractivity contribution in [3.05, 3.63) is 71.3 Å². The monoisotopic (exact) mass is 330 g/mol. The predicted octanol–water partition coefficient (Wildman–Crippen LogP) is 5.95. The molecule has 4 aromatic rings. The molecule has 0 unspecified atom stereocenters. The Morgan fingerprint density at radius 1 is 0.667 bits per heavy atom. The van der Waals surface area contributed by atoms with E-state index < -0.39 is 0 Å². The van der Waals surface area contributed by atoms with Gasteiger partial charge in [0.2, 0.25) is 0 Å². The number of nitrogens with zero attached hydrogens (tertiary/aromatic N) is 2. The van der Waals surface area contributed by atoms with Crippen LogP contribution in [0.5, 0.6) is 0 Å². The average molecular weight is 330 g/mol. The number of fused-ring (bicyclic) bond motifs is 1. The Morgan fingerprint density at radius 2 is 1.21 bits per heavy atom. The van der Waals surface area contributed by atoms with E-state index in [4.69, 9.17) is 0 Å². The second kappa shape index (κ2) is 5.84. The first-order valence-corrected chi connectivity index (χ1v) is 8.76. The summed E-state index contributed by atoms with van der Waals surface area (Å²) in [7, 11) is 0. The Kier molecular flexibility index (Phi) is 3.66. The van der Waals surface area contributed by atoms with E-state index in [0.717, 1.165) is 16.6 Å². The third-order valence-electron chi connectivity index (χ3n) is 4.44. The first-order chi connectivity index (χ1) is 11.6. The zero-order chi connectivity index (χ0) is 16.7. The van der Waals surface area contributed by atoms with Crippen molar-refractivity contribution in [1.29, 1.82) is 0 Å². The van der Waals surface area contributed by atoms with Crippen LogP contribution in [0.2, 0.25) is 0 Å². The van der Waals surface area contributed by atoms with Gasteiger partial charge in [-0.05, 0) is 43.5 Å². The van der Waals surface area contributed by atoms with Gasteiger partial charge in [0, 0.05) is 11.1 Å². The molecule has 0 bridgehead atoms. The summed E-state index contributed by atoms with van der Waals surface area (Å²) in [6.45, 7) is 6.37. The van der Waals surface area contributed by atoms with Crippen molar-refractivity contribution >= 4 is 22.8 Å². The maximum Gasteiger partial charge on any atom is 0.113 e. The number of benzene rings is 3. The molecule has 0 radical (unpaired) electrons. The third kappa shape index (κ3) is 2.51. The Bertz CT molecular complexity index is 1010. The first kappa shape index (κ1) is 15.0. The van der Waals surface area contributed by atoms with Gasteiger partial charge in [-0.25, -0.2) is 0 Å². The molecule has 0 aliphatic heterocycles. The van der Waals surface area contributed by atoms with E-state index in [-0.39, 0.29) is 0 Å². The molecule has 0 spiro atoms. The van der Waals surface area contributed by atoms with Gasteiger partial charge in [0.05, 0.1) is 11.7 Å². The summed E-state index contributed by atoms with van der Waals surface area (Å²) >= 11 is 1.29.